The molecule has 0 atom stereocenters. The number of hydrogen-bond donors (Lipinski definition) is 2. The van der Waals surface area contributed by atoms with Gasteiger partial charge in [0.1, 0.15) is 11.4 Å². The zero-order valence-corrected chi connectivity index (χ0v) is 19.1. The summed E-state index contributed by atoms with van der Waals surface area (Å²) in [6, 6.07) is 18.3. The second kappa shape index (κ2) is 9.53. The van der Waals surface area contributed by atoms with Crippen molar-refractivity contribution in [3.05, 3.63) is 95.3 Å². The number of hydrogen-bond acceptors (Lipinski definition) is 4. The third kappa shape index (κ3) is 4.87. The van der Waals surface area contributed by atoms with Crippen molar-refractivity contribution in [3.8, 4) is 0 Å². The molecule has 0 radical (unpaired) electrons. The number of benzene rings is 2. The van der Waals surface area contributed by atoms with E-state index < -0.39 is 5.97 Å². The van der Waals surface area contributed by atoms with Crippen molar-refractivity contribution in [2.24, 2.45) is 0 Å². The molecule has 1 aliphatic carbocycles. The van der Waals surface area contributed by atoms with Crippen LogP contribution < -0.4 is 5.32 Å². The van der Waals surface area contributed by atoms with Crippen LogP contribution in [-0.4, -0.2) is 34.3 Å². The predicted octanol–water partition coefficient (Wildman–Crippen LogP) is 6.06. The number of fused-ring (bicyclic) bond motifs is 1. The van der Waals surface area contributed by atoms with E-state index in [1.165, 1.54) is 5.56 Å². The van der Waals surface area contributed by atoms with Crippen molar-refractivity contribution < 1.29 is 14.6 Å². The summed E-state index contributed by atoms with van der Waals surface area (Å²) in [6.07, 6.45) is 10.2. The smallest absolute Gasteiger partial charge is 0.339 e. The van der Waals surface area contributed by atoms with Crippen LogP contribution in [0.25, 0.3) is 17.0 Å². The lowest BCUT2D eigenvalue weighted by molar-refractivity contribution is 0.0697. The van der Waals surface area contributed by atoms with Crippen LogP contribution in [0.15, 0.2) is 73.1 Å². The third-order valence-electron chi connectivity index (χ3n) is 6.10. The summed E-state index contributed by atoms with van der Waals surface area (Å²) in [7, 11) is 1.69. The highest BCUT2D eigenvalue weighted by molar-refractivity contribution is 5.95. The number of carboxylic acid groups (broad SMARTS) is 1. The van der Waals surface area contributed by atoms with Crippen LogP contribution in [-0.2, 0) is 11.3 Å². The first kappa shape index (κ1) is 21.9. The number of ether oxygens (including phenoxy) is 1. The topological polar surface area (TPSA) is 76.4 Å². The highest BCUT2D eigenvalue weighted by Gasteiger charge is 2.26. The zero-order chi connectivity index (χ0) is 23.5. The Morgan fingerprint density at radius 2 is 2.09 bits per heavy atom. The van der Waals surface area contributed by atoms with E-state index in [4.69, 9.17) is 4.74 Å². The number of methoxy groups -OCH3 is 1. The van der Waals surface area contributed by atoms with Crippen LogP contribution in [0.3, 0.4) is 0 Å². The molecule has 1 fully saturated rings. The Morgan fingerprint density at radius 3 is 2.88 bits per heavy atom. The number of nitrogens with one attached hydrogen (secondary N) is 1. The summed E-state index contributed by atoms with van der Waals surface area (Å²) in [4.78, 5) is 16.2. The monoisotopic (exact) mass is 453 g/mol. The second-order valence-corrected chi connectivity index (χ2v) is 8.69. The first-order valence-electron chi connectivity index (χ1n) is 11.4. The van der Waals surface area contributed by atoms with Gasteiger partial charge in [0.05, 0.1) is 6.61 Å². The Hall–Kier alpha value is -3.90. The number of aromatic nitrogens is 2. The fourth-order valence-electron chi connectivity index (χ4n) is 4.21. The molecule has 1 aliphatic rings. The van der Waals surface area contributed by atoms with Crippen LogP contribution in [0, 0.1) is 0 Å². The number of nitrogens with zero attached hydrogens (tertiary/aromatic N) is 2. The lowest BCUT2D eigenvalue weighted by Gasteiger charge is -2.11. The van der Waals surface area contributed by atoms with Crippen LogP contribution in [0.1, 0.15) is 45.8 Å². The lowest BCUT2D eigenvalue weighted by atomic mass is 10.1. The molecule has 0 amide bonds. The van der Waals surface area contributed by atoms with Gasteiger partial charge >= 0.3 is 5.97 Å². The summed E-state index contributed by atoms with van der Waals surface area (Å²) < 4.78 is 7.29. The highest BCUT2D eigenvalue weighted by atomic mass is 16.5. The van der Waals surface area contributed by atoms with E-state index >= 15 is 0 Å². The van der Waals surface area contributed by atoms with Crippen molar-refractivity contribution in [1.29, 1.82) is 0 Å². The molecule has 0 unspecified atom stereocenters. The Kier molecular flexibility index (Phi) is 6.14. The van der Waals surface area contributed by atoms with Crippen LogP contribution in [0.4, 0.5) is 11.5 Å². The van der Waals surface area contributed by atoms with Crippen LogP contribution >= 0.6 is 0 Å². The molecule has 4 aromatic rings. The predicted molar refractivity (Wildman–Crippen MR) is 135 cm³/mol. The van der Waals surface area contributed by atoms with Gasteiger partial charge in [-0.3, -0.25) is 0 Å². The van der Waals surface area contributed by atoms with Crippen molar-refractivity contribution in [2.45, 2.75) is 25.3 Å². The lowest BCUT2D eigenvalue weighted by Crippen LogP contribution is -2.06. The van der Waals surface area contributed by atoms with Gasteiger partial charge in [0.2, 0.25) is 0 Å². The fraction of sp³-hybridized carbons (Fsp3) is 0.214. The Bertz CT molecular complexity index is 1370. The molecule has 0 saturated heterocycles. The normalized spacial score (nSPS) is 13.6. The molecule has 2 aromatic heterocycles. The van der Waals surface area contributed by atoms with Gasteiger partial charge in [0.25, 0.3) is 0 Å². The Morgan fingerprint density at radius 1 is 1.21 bits per heavy atom. The molecular weight excluding hydrogens is 426 g/mol. The van der Waals surface area contributed by atoms with Gasteiger partial charge in [-0.15, -0.1) is 0 Å². The molecule has 2 heterocycles. The molecule has 2 N–H and O–H groups in total. The first-order valence-corrected chi connectivity index (χ1v) is 11.4. The van der Waals surface area contributed by atoms with E-state index in [1.807, 2.05) is 18.2 Å². The SMILES string of the molecule is COCC=Cc1cccc(Cn2ccc3cc(Nc4ncc(C5CC5)cc4C(=O)O)ccc32)c1. The Labute approximate surface area is 198 Å². The van der Waals surface area contributed by atoms with Gasteiger partial charge in [0, 0.05) is 42.6 Å². The van der Waals surface area contributed by atoms with Crippen molar-refractivity contribution in [2.75, 3.05) is 19.0 Å². The van der Waals surface area contributed by atoms with Crippen LogP contribution in [0.2, 0.25) is 0 Å². The number of rotatable bonds is 9. The molecule has 0 spiro atoms. The molecule has 34 heavy (non-hydrogen) atoms. The van der Waals surface area contributed by atoms with Crippen molar-refractivity contribution in [3.63, 3.8) is 0 Å². The summed E-state index contributed by atoms with van der Waals surface area (Å²) >= 11 is 0. The quantitative estimate of drug-likeness (QED) is 0.322. The number of carboxylic acids is 1. The van der Waals surface area contributed by atoms with Crippen molar-refractivity contribution >= 4 is 34.5 Å². The van der Waals surface area contributed by atoms with Gasteiger partial charge in [-0.05, 0) is 71.8 Å². The third-order valence-corrected chi connectivity index (χ3v) is 6.10. The summed E-state index contributed by atoms with van der Waals surface area (Å²) in [5.41, 5.74) is 5.50. The number of anilines is 2. The van der Waals surface area contributed by atoms with Gasteiger partial charge in [-0.25, -0.2) is 9.78 Å². The van der Waals surface area contributed by atoms with Gasteiger partial charge in [0.15, 0.2) is 0 Å². The number of aromatic carboxylic acids is 1. The largest absolute Gasteiger partial charge is 0.478 e. The maximum absolute atomic E-state index is 11.8. The maximum Gasteiger partial charge on any atom is 0.339 e. The molecule has 172 valence electrons. The minimum Gasteiger partial charge on any atom is -0.478 e. The van der Waals surface area contributed by atoms with E-state index in [9.17, 15) is 9.90 Å². The molecule has 0 bridgehead atoms. The van der Waals surface area contributed by atoms with E-state index in [1.54, 1.807) is 19.4 Å². The number of carbonyl (C=O) groups is 1. The summed E-state index contributed by atoms with van der Waals surface area (Å²) in [6.45, 7) is 1.35. The summed E-state index contributed by atoms with van der Waals surface area (Å²) in [5, 5.41) is 14.0. The van der Waals surface area contributed by atoms with E-state index in [-0.39, 0.29) is 5.56 Å². The number of pyridine rings is 1. The van der Waals surface area contributed by atoms with E-state index in [2.05, 4.69) is 63.5 Å². The fourth-order valence-corrected chi connectivity index (χ4v) is 4.21. The van der Waals surface area contributed by atoms with Gasteiger partial charge < -0.3 is 19.7 Å². The average molecular weight is 454 g/mol. The second-order valence-electron chi connectivity index (χ2n) is 8.69. The summed E-state index contributed by atoms with van der Waals surface area (Å²) in [5.74, 6) is -0.143. The molecule has 6 nitrogen and oxygen atoms in total. The van der Waals surface area contributed by atoms with Gasteiger partial charge in [-0.1, -0.05) is 30.4 Å². The Balaban J connectivity index is 1.35. The van der Waals surface area contributed by atoms with Crippen molar-refractivity contribution in [1.82, 2.24) is 9.55 Å². The molecule has 2 aromatic carbocycles. The molecule has 5 rings (SSSR count). The zero-order valence-electron chi connectivity index (χ0n) is 19.1. The molecule has 1 saturated carbocycles. The van der Waals surface area contributed by atoms with E-state index in [0.29, 0.717) is 18.3 Å². The van der Waals surface area contributed by atoms with Gasteiger partial charge in [-0.2, -0.15) is 0 Å². The molecular formula is C28H27N3O3. The highest BCUT2D eigenvalue weighted by Crippen LogP contribution is 2.40. The molecule has 0 aliphatic heterocycles. The first-order chi connectivity index (χ1) is 16.6. The standard InChI is InChI=1S/C28H27N3O3/c1-34-13-3-6-19-4-2-5-20(14-19)18-31-12-11-22-15-24(9-10-26(22)31)30-27-25(28(32)33)16-23(17-29-27)21-7-8-21/h2-6,9-12,14-17,21H,7-8,13,18H2,1H3,(H,29,30)(H,32,33). The minimum absolute atomic E-state index is 0.210. The minimum atomic E-state index is -0.968. The molecule has 6 heteroatoms. The average Bonchev–Trinajstić information content (AvgIpc) is 3.62. The van der Waals surface area contributed by atoms with E-state index in [0.717, 1.165) is 47.1 Å². The maximum atomic E-state index is 11.8. The van der Waals surface area contributed by atoms with Crippen LogP contribution in [0.5, 0.6) is 0 Å².